The van der Waals surface area contributed by atoms with Crippen LogP contribution in [-0.2, 0) is 0 Å². The number of fused-ring (bicyclic) bond motifs is 1. The van der Waals surface area contributed by atoms with Gasteiger partial charge in [0.25, 0.3) is 0 Å². The van der Waals surface area contributed by atoms with E-state index in [2.05, 4.69) is 61.4 Å². The van der Waals surface area contributed by atoms with Gasteiger partial charge in [-0.25, -0.2) is 0 Å². The van der Waals surface area contributed by atoms with E-state index in [9.17, 15) is 36.6 Å². The third-order valence-corrected chi connectivity index (χ3v) is 9.98. The quantitative estimate of drug-likeness (QED) is 0.117. The van der Waals surface area contributed by atoms with E-state index in [1.807, 2.05) is 39.5 Å². The molecule has 2 nitrogen and oxygen atoms in total. The molecule has 3 fully saturated rings. The van der Waals surface area contributed by atoms with E-state index in [0.29, 0.717) is 24.7 Å². The molecule has 9 heteroatoms. The number of hydrogen-bond acceptors (Lipinski definition) is 2. The predicted molar refractivity (Wildman–Crippen MR) is 188 cm³/mol. The second-order valence-corrected chi connectivity index (χ2v) is 13.5. The zero-order valence-corrected chi connectivity index (χ0v) is 31.9. The van der Waals surface area contributed by atoms with Crippen molar-refractivity contribution in [1.29, 1.82) is 0 Å². The highest BCUT2D eigenvalue weighted by atomic mass is 127. The Bertz CT molecular complexity index is 992. The average molecular weight is 779 g/mol. The second-order valence-electron chi connectivity index (χ2n) is 13.5. The number of allylic oxidation sites excluding steroid dienone is 3. The Labute approximate surface area is 289 Å². The van der Waals surface area contributed by atoms with Crippen molar-refractivity contribution in [3.05, 3.63) is 23.3 Å². The van der Waals surface area contributed by atoms with Gasteiger partial charge in [0.15, 0.2) is 0 Å². The fraction of sp³-hybridized carbons (Fsp3) is 0.838. The molecule has 46 heavy (non-hydrogen) atoms. The molecule has 0 saturated heterocycles. The molecular weight excluding hydrogens is 717 g/mol. The summed E-state index contributed by atoms with van der Waals surface area (Å²) in [5, 5.41) is 19.6. The molecule has 0 radical (unpaired) electrons. The first-order chi connectivity index (χ1) is 21.4. The maximum absolute atomic E-state index is 13.3. The zero-order valence-electron chi connectivity index (χ0n) is 29.7. The summed E-state index contributed by atoms with van der Waals surface area (Å²) >= 11 is 2.15. The topological polar surface area (TPSA) is 40.5 Å². The minimum absolute atomic E-state index is 0.0872. The molecule has 3 aliphatic carbocycles. The van der Waals surface area contributed by atoms with Gasteiger partial charge in [0.2, 0.25) is 0 Å². The second kappa shape index (κ2) is 20.1. The van der Waals surface area contributed by atoms with Gasteiger partial charge in [-0.15, -0.1) is 0 Å². The lowest BCUT2D eigenvalue weighted by molar-refractivity contribution is -0.343. The lowest BCUT2D eigenvalue weighted by Crippen LogP contribution is -2.55. The summed E-state index contributed by atoms with van der Waals surface area (Å²) in [6.45, 7) is 16.4. The van der Waals surface area contributed by atoms with E-state index < -0.39 is 23.4 Å². The van der Waals surface area contributed by atoms with E-state index in [0.717, 1.165) is 64.2 Å². The number of aliphatic hydroxyl groups excluding tert-OH is 1. The highest BCUT2D eigenvalue weighted by Crippen LogP contribution is 2.63. The van der Waals surface area contributed by atoms with Crippen LogP contribution in [-0.4, -0.2) is 39.2 Å². The summed E-state index contributed by atoms with van der Waals surface area (Å²) in [5.41, 5.74) is -3.14. The summed E-state index contributed by atoms with van der Waals surface area (Å²) in [7, 11) is 0. The lowest BCUT2D eigenvalue weighted by Gasteiger charge is -2.49. The Balaban J connectivity index is 0.00000318. The minimum atomic E-state index is -5.94. The standard InChI is InChI=1S/C32H46F6O2.2C2H6.CH3I/c1-22(2)9-6-17-28(3,18-8-20-30(40,31(33,34)35)32(36,37)38)27-16-15-26-24(11-7-19-29(26,27)4)14-13-23-10-5-12-25(39)21-23;3*1-2/h13-14,22,25-27,39-40H,5-7,9-12,15-19,21H2,1-4H3;2*1-2H3;1H3/b23-13-,24-14+;;;/t25-,26?,27+,28+,29-;;;/m0.../s1. The van der Waals surface area contributed by atoms with Crippen molar-refractivity contribution in [2.45, 2.75) is 163 Å². The Hall–Kier alpha value is -0.730. The summed E-state index contributed by atoms with van der Waals surface area (Å²) < 4.78 is 79.6. The number of alkyl halides is 7. The molecule has 5 atom stereocenters. The van der Waals surface area contributed by atoms with E-state index in [1.165, 1.54) is 17.1 Å². The normalized spacial score (nSPS) is 27.9. The first-order valence-corrected chi connectivity index (χ1v) is 19.4. The van der Waals surface area contributed by atoms with Crippen LogP contribution in [0.5, 0.6) is 0 Å². The Morgan fingerprint density at radius 1 is 0.935 bits per heavy atom. The third-order valence-electron chi connectivity index (χ3n) is 9.98. The first-order valence-electron chi connectivity index (χ1n) is 17.2. The maximum Gasteiger partial charge on any atom is 0.438 e. The zero-order chi connectivity index (χ0) is 36.0. The fourth-order valence-corrected chi connectivity index (χ4v) is 7.81. The van der Waals surface area contributed by atoms with Crippen molar-refractivity contribution in [3.63, 3.8) is 0 Å². The number of hydrogen-bond donors (Lipinski definition) is 2. The molecule has 3 aliphatic rings. The summed E-state index contributed by atoms with van der Waals surface area (Å²) in [4.78, 5) is 1.97. The number of aliphatic hydroxyl groups is 2. The van der Waals surface area contributed by atoms with Gasteiger partial charge in [-0.3, -0.25) is 0 Å². The van der Waals surface area contributed by atoms with Crippen molar-refractivity contribution in [1.82, 2.24) is 0 Å². The van der Waals surface area contributed by atoms with Crippen molar-refractivity contribution < 1.29 is 36.6 Å². The largest absolute Gasteiger partial charge is 0.438 e. The summed E-state index contributed by atoms with van der Waals surface area (Å²) in [6.07, 6.45) is 2.66. The molecule has 0 aromatic heterocycles. The molecule has 0 heterocycles. The lowest BCUT2D eigenvalue weighted by atomic mass is 9.55. The van der Waals surface area contributed by atoms with Crippen LogP contribution in [0, 0.1) is 40.4 Å². The Kier molecular flexibility index (Phi) is 19.7. The average Bonchev–Trinajstić information content (AvgIpc) is 3.36. The summed E-state index contributed by atoms with van der Waals surface area (Å²) in [6, 6.07) is 0. The van der Waals surface area contributed by atoms with Gasteiger partial charge in [0.1, 0.15) is 0 Å². The number of rotatable bonds is 7. The summed E-state index contributed by atoms with van der Waals surface area (Å²) in [5.74, 6) is 4.25. The molecular formula is C37H61F6IO2. The molecule has 3 saturated carbocycles. The maximum atomic E-state index is 13.3. The van der Waals surface area contributed by atoms with E-state index in [4.69, 9.17) is 0 Å². The molecule has 270 valence electrons. The monoisotopic (exact) mass is 778 g/mol. The smallest absolute Gasteiger partial charge is 0.393 e. The van der Waals surface area contributed by atoms with Crippen LogP contribution >= 0.6 is 22.6 Å². The number of halogens is 7. The van der Waals surface area contributed by atoms with Crippen molar-refractivity contribution in [2.75, 3.05) is 4.93 Å². The van der Waals surface area contributed by atoms with E-state index in [-0.39, 0.29) is 23.9 Å². The highest BCUT2D eigenvalue weighted by Gasteiger charge is 2.70. The van der Waals surface area contributed by atoms with Crippen LogP contribution in [0.3, 0.4) is 0 Å². The van der Waals surface area contributed by atoms with Crippen LogP contribution in [0.25, 0.3) is 0 Å². The molecule has 0 spiro atoms. The van der Waals surface area contributed by atoms with E-state index in [1.54, 1.807) is 0 Å². The minimum Gasteiger partial charge on any atom is -0.393 e. The van der Waals surface area contributed by atoms with Crippen molar-refractivity contribution in [3.8, 4) is 11.8 Å². The van der Waals surface area contributed by atoms with Gasteiger partial charge in [0.05, 0.1) is 6.10 Å². The molecule has 0 aliphatic heterocycles. The fourth-order valence-electron chi connectivity index (χ4n) is 7.81. The van der Waals surface area contributed by atoms with Crippen LogP contribution in [0.2, 0.25) is 0 Å². The molecule has 0 amide bonds. The van der Waals surface area contributed by atoms with Crippen molar-refractivity contribution >= 4 is 22.6 Å². The van der Waals surface area contributed by atoms with Gasteiger partial charge in [0, 0.05) is 6.42 Å². The Morgan fingerprint density at radius 3 is 2.04 bits per heavy atom. The van der Waals surface area contributed by atoms with Gasteiger partial charge in [-0.2, -0.15) is 26.3 Å². The van der Waals surface area contributed by atoms with Crippen LogP contribution in [0.15, 0.2) is 23.3 Å². The molecule has 0 aromatic carbocycles. The van der Waals surface area contributed by atoms with Gasteiger partial charge >= 0.3 is 18.0 Å². The van der Waals surface area contributed by atoms with Crippen molar-refractivity contribution in [2.24, 2.45) is 28.6 Å². The SMILES string of the molecule is CC.CC.CC(C)CCC[C@](C)(CC#CC(O)(C(F)(F)F)C(F)(F)F)[C@H]1CCC2/C(=C/C=C3/CCC[C@H](O)C3)CCC[C@@]21C.CI. The molecule has 0 bridgehead atoms. The van der Waals surface area contributed by atoms with E-state index >= 15 is 0 Å². The molecule has 1 unspecified atom stereocenters. The molecule has 3 rings (SSSR count). The van der Waals surface area contributed by atoms with Gasteiger partial charge < -0.3 is 10.2 Å². The first kappa shape index (κ1) is 45.3. The molecule has 2 N–H and O–H groups in total. The van der Waals surface area contributed by atoms with Crippen LogP contribution in [0.4, 0.5) is 26.3 Å². The third kappa shape index (κ3) is 11.7. The van der Waals surface area contributed by atoms with Gasteiger partial charge in [-0.05, 0) is 104 Å². The van der Waals surface area contributed by atoms with Gasteiger partial charge in [-0.1, -0.05) is 120 Å². The van der Waals surface area contributed by atoms with Crippen LogP contribution < -0.4 is 0 Å². The predicted octanol–water partition coefficient (Wildman–Crippen LogP) is 12.2. The van der Waals surface area contributed by atoms with Crippen LogP contribution in [0.1, 0.15) is 139 Å². The Morgan fingerprint density at radius 2 is 1.52 bits per heavy atom. The molecule has 0 aromatic rings. The highest BCUT2D eigenvalue weighted by molar-refractivity contribution is 14.1.